The van der Waals surface area contributed by atoms with Gasteiger partial charge in [-0.05, 0) is 59.3 Å². The lowest BCUT2D eigenvalue weighted by Gasteiger charge is -2.53. The van der Waals surface area contributed by atoms with Crippen molar-refractivity contribution in [2.45, 2.75) is 90.0 Å². The molecule has 3 unspecified atom stereocenters. The molecule has 0 N–H and O–H groups in total. The van der Waals surface area contributed by atoms with E-state index in [4.69, 9.17) is 14.2 Å². The fourth-order valence-corrected chi connectivity index (χ4v) is 5.65. The Morgan fingerprint density at radius 2 is 1.60 bits per heavy atom. The van der Waals surface area contributed by atoms with E-state index >= 15 is 0 Å². The lowest BCUT2D eigenvalue weighted by atomic mass is 9.87. The van der Waals surface area contributed by atoms with Gasteiger partial charge in [-0.1, -0.05) is 0 Å². The van der Waals surface area contributed by atoms with Crippen molar-refractivity contribution in [1.82, 2.24) is 14.7 Å². The van der Waals surface area contributed by atoms with Gasteiger partial charge in [-0.25, -0.2) is 0 Å². The van der Waals surface area contributed by atoms with E-state index in [1.54, 1.807) is 0 Å². The second-order valence-corrected chi connectivity index (χ2v) is 9.75. The van der Waals surface area contributed by atoms with Crippen molar-refractivity contribution in [2.75, 3.05) is 45.9 Å². The Labute approximate surface area is 182 Å². The van der Waals surface area contributed by atoms with Crippen LogP contribution in [-0.4, -0.2) is 97.3 Å². The highest BCUT2D eigenvalue weighted by Gasteiger charge is 2.42. The first-order valence-corrected chi connectivity index (χ1v) is 12.2. The predicted octanol–water partition coefficient (Wildman–Crippen LogP) is 2.30. The van der Waals surface area contributed by atoms with Crippen molar-refractivity contribution in [3.8, 4) is 0 Å². The molecule has 7 heteroatoms. The molecule has 0 amide bonds. The van der Waals surface area contributed by atoms with Crippen LogP contribution < -0.4 is 0 Å². The van der Waals surface area contributed by atoms with Crippen molar-refractivity contribution >= 4 is 5.97 Å². The van der Waals surface area contributed by atoms with E-state index in [-0.39, 0.29) is 24.3 Å². The lowest BCUT2D eigenvalue weighted by Crippen LogP contribution is -2.68. The number of likely N-dealkylation sites (tertiary alicyclic amines) is 2. The Kier molecular flexibility index (Phi) is 7.68. The fourth-order valence-electron chi connectivity index (χ4n) is 5.65. The number of nitrogens with zero attached hydrogens (tertiary/aromatic N) is 3. The van der Waals surface area contributed by atoms with Gasteiger partial charge < -0.3 is 14.2 Å². The Morgan fingerprint density at radius 1 is 0.967 bits per heavy atom. The molecule has 4 fully saturated rings. The summed E-state index contributed by atoms with van der Waals surface area (Å²) in [6, 6.07) is 0.618. The average molecular weight is 424 g/mol. The lowest BCUT2D eigenvalue weighted by molar-refractivity contribution is -0.217. The number of carbonyl (C=O) groups excluding carboxylic acids is 1. The molecular formula is C23H41N3O4. The van der Waals surface area contributed by atoms with Crippen LogP contribution in [-0.2, 0) is 19.0 Å². The van der Waals surface area contributed by atoms with Crippen molar-refractivity contribution in [3.05, 3.63) is 0 Å². The molecule has 1 aliphatic carbocycles. The van der Waals surface area contributed by atoms with Crippen molar-refractivity contribution in [3.63, 3.8) is 0 Å². The molecule has 4 aliphatic rings. The third kappa shape index (κ3) is 5.36. The van der Waals surface area contributed by atoms with Crippen LogP contribution in [0.2, 0.25) is 0 Å². The molecule has 0 aromatic rings. The van der Waals surface area contributed by atoms with Gasteiger partial charge in [-0.2, -0.15) is 0 Å². The monoisotopic (exact) mass is 423 g/mol. The van der Waals surface area contributed by atoms with Gasteiger partial charge in [0.05, 0.1) is 30.8 Å². The van der Waals surface area contributed by atoms with Gasteiger partial charge in [0.2, 0.25) is 0 Å². The Morgan fingerprint density at radius 3 is 2.20 bits per heavy atom. The summed E-state index contributed by atoms with van der Waals surface area (Å²) in [5.41, 5.74) is 0. The second-order valence-electron chi connectivity index (χ2n) is 9.75. The van der Waals surface area contributed by atoms with E-state index in [0.29, 0.717) is 24.9 Å². The standard InChI is InChI=1S/C23H41N3O4/c1-4-28-22(27)19-7-9-21(10-8-19)30-23(24-11-5-6-12-24)26-15-20(16-26)25-13-17(2)29-18(3)14-25/h17-21,23H,4-16H2,1-3H3. The zero-order valence-electron chi connectivity index (χ0n) is 19.1. The predicted molar refractivity (Wildman–Crippen MR) is 115 cm³/mol. The van der Waals surface area contributed by atoms with Gasteiger partial charge in [0.25, 0.3) is 0 Å². The molecule has 0 aromatic heterocycles. The maximum Gasteiger partial charge on any atom is 0.308 e. The zero-order valence-corrected chi connectivity index (χ0v) is 19.1. The van der Waals surface area contributed by atoms with Crippen LogP contribution >= 0.6 is 0 Å². The molecule has 7 nitrogen and oxygen atoms in total. The van der Waals surface area contributed by atoms with Gasteiger partial charge >= 0.3 is 5.97 Å². The molecular weight excluding hydrogens is 382 g/mol. The molecule has 172 valence electrons. The van der Waals surface area contributed by atoms with Crippen molar-refractivity contribution < 1.29 is 19.0 Å². The Bertz CT molecular complexity index is 547. The minimum Gasteiger partial charge on any atom is -0.466 e. The topological polar surface area (TPSA) is 54.5 Å². The maximum absolute atomic E-state index is 12.0. The minimum absolute atomic E-state index is 0.0217. The van der Waals surface area contributed by atoms with Gasteiger partial charge in [-0.15, -0.1) is 0 Å². The summed E-state index contributed by atoms with van der Waals surface area (Å²) in [4.78, 5) is 19.7. The SMILES string of the molecule is CCOC(=O)C1CCC(OC(N2CCCC2)N2CC(N3CC(C)OC(C)C3)C2)CC1. The zero-order chi connectivity index (χ0) is 21.1. The number of hydrogen-bond acceptors (Lipinski definition) is 7. The number of hydrogen-bond donors (Lipinski definition) is 0. The molecule has 0 spiro atoms. The molecule has 3 aliphatic heterocycles. The smallest absolute Gasteiger partial charge is 0.308 e. The van der Waals surface area contributed by atoms with Crippen LogP contribution in [0.25, 0.3) is 0 Å². The van der Waals surface area contributed by atoms with Gasteiger partial charge in [0.15, 0.2) is 6.35 Å². The molecule has 1 saturated carbocycles. The van der Waals surface area contributed by atoms with Crippen LogP contribution in [0.1, 0.15) is 59.3 Å². The molecule has 0 aromatic carbocycles. The highest BCUT2D eigenvalue weighted by atomic mass is 16.5. The molecule has 3 atom stereocenters. The quantitative estimate of drug-likeness (QED) is 0.583. The van der Waals surface area contributed by atoms with Crippen LogP contribution in [0.5, 0.6) is 0 Å². The van der Waals surface area contributed by atoms with Gasteiger partial charge in [-0.3, -0.25) is 19.5 Å². The van der Waals surface area contributed by atoms with Crippen molar-refractivity contribution in [2.24, 2.45) is 5.92 Å². The van der Waals surface area contributed by atoms with Crippen LogP contribution in [0.4, 0.5) is 0 Å². The number of esters is 1. The highest BCUT2D eigenvalue weighted by molar-refractivity contribution is 5.72. The number of carbonyl (C=O) groups is 1. The first-order chi connectivity index (χ1) is 14.5. The minimum atomic E-state index is -0.0217. The Balaban J connectivity index is 1.29. The van der Waals surface area contributed by atoms with E-state index in [0.717, 1.165) is 65.0 Å². The van der Waals surface area contributed by atoms with Gasteiger partial charge in [0, 0.05) is 45.3 Å². The molecule has 30 heavy (non-hydrogen) atoms. The van der Waals surface area contributed by atoms with Crippen LogP contribution in [0.15, 0.2) is 0 Å². The number of ether oxygens (including phenoxy) is 3. The van der Waals surface area contributed by atoms with Gasteiger partial charge in [0.1, 0.15) is 0 Å². The molecule has 4 rings (SSSR count). The van der Waals surface area contributed by atoms with Crippen molar-refractivity contribution in [1.29, 1.82) is 0 Å². The fraction of sp³-hybridized carbons (Fsp3) is 0.957. The molecule has 0 bridgehead atoms. The van der Waals surface area contributed by atoms with Crippen LogP contribution in [0, 0.1) is 5.92 Å². The average Bonchev–Trinajstić information content (AvgIpc) is 3.20. The normalized spacial score (nSPS) is 35.8. The van der Waals surface area contributed by atoms with E-state index in [1.807, 2.05) is 6.92 Å². The van der Waals surface area contributed by atoms with E-state index < -0.39 is 0 Å². The summed E-state index contributed by atoms with van der Waals surface area (Å²) in [7, 11) is 0. The first-order valence-electron chi connectivity index (χ1n) is 12.2. The first kappa shape index (κ1) is 22.5. The maximum atomic E-state index is 12.0. The summed E-state index contributed by atoms with van der Waals surface area (Å²) in [5, 5.41) is 0. The molecule has 0 radical (unpaired) electrons. The third-order valence-corrected chi connectivity index (χ3v) is 7.23. The van der Waals surface area contributed by atoms with E-state index in [2.05, 4.69) is 28.5 Å². The van der Waals surface area contributed by atoms with E-state index in [1.165, 1.54) is 12.8 Å². The molecule has 3 saturated heterocycles. The largest absolute Gasteiger partial charge is 0.466 e. The van der Waals surface area contributed by atoms with E-state index in [9.17, 15) is 4.79 Å². The summed E-state index contributed by atoms with van der Waals surface area (Å²) in [5.74, 6) is 0.0420. The Hall–Kier alpha value is -0.730. The molecule has 3 heterocycles. The summed E-state index contributed by atoms with van der Waals surface area (Å²) >= 11 is 0. The van der Waals surface area contributed by atoms with Crippen LogP contribution in [0.3, 0.4) is 0 Å². The third-order valence-electron chi connectivity index (χ3n) is 7.23. The second kappa shape index (κ2) is 10.3. The summed E-state index contributed by atoms with van der Waals surface area (Å²) in [6.45, 7) is 13.2. The number of rotatable bonds is 7. The number of morpholine rings is 1. The summed E-state index contributed by atoms with van der Waals surface area (Å²) < 4.78 is 17.8. The summed E-state index contributed by atoms with van der Waals surface area (Å²) in [6.07, 6.45) is 7.24. The highest BCUT2D eigenvalue weighted by Crippen LogP contribution is 2.31.